The van der Waals surface area contributed by atoms with Gasteiger partial charge in [0.1, 0.15) is 0 Å². The molecule has 128 valence electrons. The van der Waals surface area contributed by atoms with Crippen LogP contribution >= 0.6 is 0 Å². The molecule has 23 heavy (non-hydrogen) atoms. The summed E-state index contributed by atoms with van der Waals surface area (Å²) in [6.45, 7) is 10.8. The highest BCUT2D eigenvalue weighted by Crippen LogP contribution is 2.15. The Bertz CT molecular complexity index is 571. The molecule has 0 saturated carbocycles. The molecule has 1 saturated heterocycles. The minimum Gasteiger partial charge on any atom is -0.347 e. The lowest BCUT2D eigenvalue weighted by molar-refractivity contribution is -0.131. The predicted molar refractivity (Wildman–Crippen MR) is 89.1 cm³/mol. The number of likely N-dealkylation sites (tertiary alicyclic amines) is 1. The Kier molecular flexibility index (Phi) is 5.80. The minimum atomic E-state index is -0.118. The molecule has 6 heteroatoms. The normalized spacial score (nSPS) is 14.6. The zero-order valence-electron chi connectivity index (χ0n) is 14.7. The van der Waals surface area contributed by atoms with Crippen molar-refractivity contribution in [3.8, 4) is 0 Å². The van der Waals surface area contributed by atoms with Crippen LogP contribution in [0.1, 0.15) is 43.6 Å². The first-order chi connectivity index (χ1) is 10.9. The van der Waals surface area contributed by atoms with Crippen LogP contribution < -0.4 is 5.32 Å². The second-order valence-corrected chi connectivity index (χ2v) is 6.77. The monoisotopic (exact) mass is 320 g/mol. The van der Waals surface area contributed by atoms with E-state index in [4.69, 9.17) is 0 Å². The van der Waals surface area contributed by atoms with Crippen molar-refractivity contribution in [3.63, 3.8) is 0 Å². The molecule has 1 fully saturated rings. The van der Waals surface area contributed by atoms with Crippen LogP contribution in [0.5, 0.6) is 0 Å². The Balaban J connectivity index is 1.89. The second-order valence-electron chi connectivity index (χ2n) is 6.77. The van der Waals surface area contributed by atoms with Gasteiger partial charge in [-0.2, -0.15) is 5.10 Å². The van der Waals surface area contributed by atoms with E-state index in [0.29, 0.717) is 5.92 Å². The van der Waals surface area contributed by atoms with Crippen molar-refractivity contribution < 1.29 is 9.59 Å². The van der Waals surface area contributed by atoms with Gasteiger partial charge in [0.15, 0.2) is 0 Å². The summed E-state index contributed by atoms with van der Waals surface area (Å²) in [4.78, 5) is 25.9. The fourth-order valence-electron chi connectivity index (χ4n) is 2.99. The molecule has 2 heterocycles. The Morgan fingerprint density at radius 1 is 1.22 bits per heavy atom. The van der Waals surface area contributed by atoms with Crippen molar-refractivity contribution in [3.05, 3.63) is 17.0 Å². The molecule has 1 aromatic rings. The predicted octanol–water partition coefficient (Wildman–Crippen LogP) is 1.44. The molecule has 1 aliphatic heterocycles. The van der Waals surface area contributed by atoms with Gasteiger partial charge in [-0.05, 0) is 32.6 Å². The molecule has 2 amide bonds. The lowest BCUT2D eigenvalue weighted by Gasteiger charge is -2.15. The molecule has 0 radical (unpaired) electrons. The first-order valence-electron chi connectivity index (χ1n) is 8.45. The van der Waals surface area contributed by atoms with E-state index in [0.717, 1.165) is 49.4 Å². The number of hydrogen-bond donors (Lipinski definition) is 1. The summed E-state index contributed by atoms with van der Waals surface area (Å²) >= 11 is 0. The highest BCUT2D eigenvalue weighted by atomic mass is 16.2. The summed E-state index contributed by atoms with van der Waals surface area (Å²) in [5.74, 6) is 0.403. The van der Waals surface area contributed by atoms with E-state index in [1.807, 2.05) is 23.4 Å². The van der Waals surface area contributed by atoms with E-state index in [-0.39, 0.29) is 24.8 Å². The Morgan fingerprint density at radius 3 is 2.48 bits per heavy atom. The maximum atomic E-state index is 12.1. The first-order valence-corrected chi connectivity index (χ1v) is 8.45. The number of carbonyl (C=O) groups is 2. The van der Waals surface area contributed by atoms with Gasteiger partial charge in [0.2, 0.25) is 11.8 Å². The van der Waals surface area contributed by atoms with Gasteiger partial charge in [-0.1, -0.05) is 13.8 Å². The van der Waals surface area contributed by atoms with Crippen molar-refractivity contribution in [1.82, 2.24) is 20.0 Å². The maximum absolute atomic E-state index is 12.1. The number of aryl methyl sites for hydroxylation is 1. The van der Waals surface area contributed by atoms with Crippen LogP contribution in [0.3, 0.4) is 0 Å². The number of nitrogens with one attached hydrogen (secondary N) is 1. The average Bonchev–Trinajstić information content (AvgIpc) is 3.09. The average molecular weight is 320 g/mol. The fourth-order valence-corrected chi connectivity index (χ4v) is 2.99. The van der Waals surface area contributed by atoms with Crippen LogP contribution in [-0.4, -0.2) is 46.1 Å². The fraction of sp³-hybridized carbons (Fsp3) is 0.706. The number of hydrogen-bond acceptors (Lipinski definition) is 3. The molecule has 1 N–H and O–H groups in total. The Labute approximate surface area is 138 Å². The van der Waals surface area contributed by atoms with Crippen LogP contribution in [0.15, 0.2) is 0 Å². The summed E-state index contributed by atoms with van der Waals surface area (Å²) in [6, 6.07) is 0. The van der Waals surface area contributed by atoms with Crippen LogP contribution in [0, 0.1) is 19.8 Å². The van der Waals surface area contributed by atoms with Crippen LogP contribution in [0.4, 0.5) is 0 Å². The van der Waals surface area contributed by atoms with Crippen LogP contribution in [0.2, 0.25) is 0 Å². The SMILES string of the molecule is Cc1nn(CC(C)C)c(C)c1CC(=O)NCC(=O)N1CCCC1. The summed E-state index contributed by atoms with van der Waals surface area (Å²) in [5, 5.41) is 7.27. The smallest absolute Gasteiger partial charge is 0.241 e. The van der Waals surface area contributed by atoms with Crippen molar-refractivity contribution >= 4 is 11.8 Å². The molecule has 1 aliphatic rings. The topological polar surface area (TPSA) is 67.2 Å². The number of rotatable bonds is 6. The first kappa shape index (κ1) is 17.5. The van der Waals surface area contributed by atoms with Gasteiger partial charge in [0.25, 0.3) is 0 Å². The van der Waals surface area contributed by atoms with Gasteiger partial charge in [0, 0.05) is 30.9 Å². The molecule has 6 nitrogen and oxygen atoms in total. The summed E-state index contributed by atoms with van der Waals surface area (Å²) in [5.41, 5.74) is 2.90. The third kappa shape index (κ3) is 4.56. The molecule has 0 spiro atoms. The van der Waals surface area contributed by atoms with Gasteiger partial charge in [-0.3, -0.25) is 14.3 Å². The number of aromatic nitrogens is 2. The van der Waals surface area contributed by atoms with E-state index in [2.05, 4.69) is 24.3 Å². The third-order valence-electron chi connectivity index (χ3n) is 4.30. The lowest BCUT2D eigenvalue weighted by atomic mass is 10.1. The highest BCUT2D eigenvalue weighted by molar-refractivity contribution is 5.86. The standard InChI is InChI=1S/C17H28N4O2/c1-12(2)11-21-14(4)15(13(3)19-21)9-16(22)18-10-17(23)20-7-5-6-8-20/h12H,5-11H2,1-4H3,(H,18,22). The van der Waals surface area contributed by atoms with E-state index in [1.54, 1.807) is 0 Å². The zero-order chi connectivity index (χ0) is 17.0. The van der Waals surface area contributed by atoms with Gasteiger partial charge in [-0.25, -0.2) is 0 Å². The van der Waals surface area contributed by atoms with Crippen molar-refractivity contribution in [2.24, 2.45) is 5.92 Å². The van der Waals surface area contributed by atoms with Crippen molar-refractivity contribution in [2.45, 2.75) is 53.5 Å². The van der Waals surface area contributed by atoms with Gasteiger partial charge in [0.05, 0.1) is 18.7 Å². The molecule has 0 aromatic carbocycles. The number of amides is 2. The summed E-state index contributed by atoms with van der Waals surface area (Å²) in [7, 11) is 0. The zero-order valence-corrected chi connectivity index (χ0v) is 14.7. The molecule has 0 atom stereocenters. The quantitative estimate of drug-likeness (QED) is 0.862. The lowest BCUT2D eigenvalue weighted by Crippen LogP contribution is -2.39. The molecular weight excluding hydrogens is 292 g/mol. The van der Waals surface area contributed by atoms with Crippen LogP contribution in [0.25, 0.3) is 0 Å². The Morgan fingerprint density at radius 2 is 1.87 bits per heavy atom. The Hall–Kier alpha value is -1.85. The number of nitrogens with zero attached hydrogens (tertiary/aromatic N) is 3. The number of carbonyl (C=O) groups excluding carboxylic acids is 2. The minimum absolute atomic E-state index is 0.0137. The molecule has 0 aliphatic carbocycles. The third-order valence-corrected chi connectivity index (χ3v) is 4.30. The van der Waals surface area contributed by atoms with Crippen LogP contribution in [-0.2, 0) is 22.6 Å². The van der Waals surface area contributed by atoms with E-state index in [1.165, 1.54) is 0 Å². The summed E-state index contributed by atoms with van der Waals surface area (Å²) < 4.78 is 1.97. The van der Waals surface area contributed by atoms with Gasteiger partial charge in [-0.15, -0.1) is 0 Å². The molecule has 0 bridgehead atoms. The molecule has 1 aromatic heterocycles. The molecular formula is C17H28N4O2. The highest BCUT2D eigenvalue weighted by Gasteiger charge is 2.19. The largest absolute Gasteiger partial charge is 0.347 e. The van der Waals surface area contributed by atoms with Crippen molar-refractivity contribution in [2.75, 3.05) is 19.6 Å². The van der Waals surface area contributed by atoms with E-state index in [9.17, 15) is 9.59 Å². The summed E-state index contributed by atoms with van der Waals surface area (Å²) in [6.07, 6.45) is 2.41. The van der Waals surface area contributed by atoms with Crippen molar-refractivity contribution in [1.29, 1.82) is 0 Å². The van der Waals surface area contributed by atoms with Gasteiger partial charge < -0.3 is 10.2 Å². The van der Waals surface area contributed by atoms with E-state index >= 15 is 0 Å². The molecule has 2 rings (SSSR count). The van der Waals surface area contributed by atoms with E-state index < -0.39 is 0 Å². The molecule has 0 unspecified atom stereocenters. The maximum Gasteiger partial charge on any atom is 0.241 e. The second kappa shape index (κ2) is 7.62. The van der Waals surface area contributed by atoms with Gasteiger partial charge >= 0.3 is 0 Å².